The van der Waals surface area contributed by atoms with E-state index in [1.165, 1.54) is 12.3 Å². The molecule has 2 aromatic heterocycles. The maximum Gasteiger partial charge on any atom is 0.261 e. The van der Waals surface area contributed by atoms with Crippen LogP contribution in [0.25, 0.3) is 11.0 Å². The zero-order chi connectivity index (χ0) is 18.8. The molecule has 0 saturated carbocycles. The standard InChI is InChI=1S/C20H20FN3O2/c1-4-9-24-11-16(18(25)15-8-6-13(3)22-19(15)24)20(26)23-14-7-5-12(2)17(21)10-14/h5-8,10-11H,4,9H2,1-3H3,(H,23,26). The van der Waals surface area contributed by atoms with Gasteiger partial charge < -0.3 is 9.88 Å². The smallest absolute Gasteiger partial charge is 0.261 e. The third-order valence-electron chi connectivity index (χ3n) is 4.20. The van der Waals surface area contributed by atoms with E-state index < -0.39 is 11.7 Å². The quantitative estimate of drug-likeness (QED) is 0.776. The van der Waals surface area contributed by atoms with E-state index in [9.17, 15) is 14.0 Å². The van der Waals surface area contributed by atoms with Gasteiger partial charge in [-0.15, -0.1) is 0 Å². The summed E-state index contributed by atoms with van der Waals surface area (Å²) in [5.41, 5.74) is 1.79. The van der Waals surface area contributed by atoms with Gasteiger partial charge in [0.05, 0.1) is 5.39 Å². The van der Waals surface area contributed by atoms with Crippen LogP contribution >= 0.6 is 0 Å². The van der Waals surface area contributed by atoms with Crippen LogP contribution in [0.4, 0.5) is 10.1 Å². The Kier molecular flexibility index (Phi) is 4.84. The van der Waals surface area contributed by atoms with Crippen molar-refractivity contribution in [2.45, 2.75) is 33.7 Å². The average molecular weight is 353 g/mol. The van der Waals surface area contributed by atoms with Gasteiger partial charge in [-0.1, -0.05) is 13.0 Å². The molecule has 3 rings (SSSR count). The molecule has 0 aliphatic heterocycles. The maximum atomic E-state index is 13.7. The number of carbonyl (C=O) groups is 1. The molecule has 26 heavy (non-hydrogen) atoms. The van der Waals surface area contributed by atoms with E-state index in [-0.39, 0.29) is 11.0 Å². The van der Waals surface area contributed by atoms with Gasteiger partial charge in [0.25, 0.3) is 5.91 Å². The number of amides is 1. The molecule has 0 aliphatic carbocycles. The number of pyridine rings is 2. The molecule has 134 valence electrons. The molecule has 0 atom stereocenters. The summed E-state index contributed by atoms with van der Waals surface area (Å²) >= 11 is 0. The number of hydrogen-bond donors (Lipinski definition) is 1. The van der Waals surface area contributed by atoms with Crippen molar-refractivity contribution in [3.8, 4) is 0 Å². The lowest BCUT2D eigenvalue weighted by Crippen LogP contribution is -2.24. The van der Waals surface area contributed by atoms with Crippen molar-refractivity contribution in [1.82, 2.24) is 9.55 Å². The Labute approximate surface area is 150 Å². The van der Waals surface area contributed by atoms with E-state index in [1.807, 2.05) is 18.4 Å². The van der Waals surface area contributed by atoms with Crippen molar-refractivity contribution >= 4 is 22.6 Å². The first-order valence-electron chi connectivity index (χ1n) is 8.49. The Morgan fingerprint density at radius 2 is 2.00 bits per heavy atom. The average Bonchev–Trinajstić information content (AvgIpc) is 2.60. The van der Waals surface area contributed by atoms with Crippen LogP contribution < -0.4 is 10.7 Å². The third kappa shape index (κ3) is 3.35. The highest BCUT2D eigenvalue weighted by Crippen LogP contribution is 2.16. The van der Waals surface area contributed by atoms with E-state index in [0.29, 0.717) is 28.8 Å². The molecule has 6 heteroatoms. The van der Waals surface area contributed by atoms with Crippen molar-refractivity contribution in [2.75, 3.05) is 5.32 Å². The number of anilines is 1. The van der Waals surface area contributed by atoms with Crippen LogP contribution in [-0.4, -0.2) is 15.5 Å². The number of rotatable bonds is 4. The predicted octanol–water partition coefficient (Wildman–Crippen LogP) is 3.81. The third-order valence-corrected chi connectivity index (χ3v) is 4.20. The Balaban J connectivity index is 2.07. The van der Waals surface area contributed by atoms with Crippen molar-refractivity contribution < 1.29 is 9.18 Å². The summed E-state index contributed by atoms with van der Waals surface area (Å²) in [7, 11) is 0. The van der Waals surface area contributed by atoms with Crippen LogP contribution in [0.15, 0.2) is 41.3 Å². The molecule has 0 saturated heterocycles. The summed E-state index contributed by atoms with van der Waals surface area (Å²) in [5, 5.41) is 2.99. The zero-order valence-corrected chi connectivity index (χ0v) is 15.0. The van der Waals surface area contributed by atoms with E-state index in [1.54, 1.807) is 31.2 Å². The van der Waals surface area contributed by atoms with E-state index in [2.05, 4.69) is 10.3 Å². The van der Waals surface area contributed by atoms with Gasteiger partial charge in [0.1, 0.15) is 17.0 Å². The molecule has 5 nitrogen and oxygen atoms in total. The molecule has 2 heterocycles. The minimum Gasteiger partial charge on any atom is -0.331 e. The summed E-state index contributed by atoms with van der Waals surface area (Å²) in [6, 6.07) is 7.86. The second kappa shape index (κ2) is 7.07. The first kappa shape index (κ1) is 17.8. The molecule has 0 fully saturated rings. The first-order chi connectivity index (χ1) is 12.4. The molecule has 0 spiro atoms. The monoisotopic (exact) mass is 353 g/mol. The fourth-order valence-electron chi connectivity index (χ4n) is 2.80. The number of halogens is 1. The van der Waals surface area contributed by atoms with Gasteiger partial charge in [-0.3, -0.25) is 9.59 Å². The topological polar surface area (TPSA) is 64.0 Å². The fraction of sp³-hybridized carbons (Fsp3) is 0.250. The minimum absolute atomic E-state index is 0.0117. The number of hydrogen-bond acceptors (Lipinski definition) is 3. The molecule has 3 aromatic rings. The summed E-state index contributed by atoms with van der Waals surface area (Å²) in [5.74, 6) is -0.977. The van der Waals surface area contributed by atoms with Gasteiger partial charge in [-0.25, -0.2) is 9.37 Å². The highest BCUT2D eigenvalue weighted by molar-refractivity contribution is 6.05. The van der Waals surface area contributed by atoms with Gasteiger partial charge in [0.15, 0.2) is 0 Å². The number of carbonyl (C=O) groups excluding carboxylic acids is 1. The van der Waals surface area contributed by atoms with E-state index >= 15 is 0 Å². The Morgan fingerprint density at radius 1 is 1.23 bits per heavy atom. The van der Waals surface area contributed by atoms with Crippen LogP contribution in [0.2, 0.25) is 0 Å². The number of nitrogens with one attached hydrogen (secondary N) is 1. The first-order valence-corrected chi connectivity index (χ1v) is 8.49. The largest absolute Gasteiger partial charge is 0.331 e. The molecule has 0 radical (unpaired) electrons. The summed E-state index contributed by atoms with van der Waals surface area (Å²) in [4.78, 5) is 29.8. The molecular weight excluding hydrogens is 333 g/mol. The van der Waals surface area contributed by atoms with Crippen LogP contribution in [-0.2, 0) is 6.54 Å². The summed E-state index contributed by atoms with van der Waals surface area (Å²) < 4.78 is 15.5. The maximum absolute atomic E-state index is 13.7. The highest BCUT2D eigenvalue weighted by atomic mass is 19.1. The zero-order valence-electron chi connectivity index (χ0n) is 15.0. The van der Waals surface area contributed by atoms with E-state index in [0.717, 1.165) is 12.1 Å². The second-order valence-electron chi connectivity index (χ2n) is 6.31. The molecule has 0 unspecified atom stereocenters. The number of aryl methyl sites for hydroxylation is 3. The van der Waals surface area contributed by atoms with E-state index in [4.69, 9.17) is 0 Å². The molecular formula is C20H20FN3O2. The number of aromatic nitrogens is 2. The Bertz CT molecular complexity index is 1060. The van der Waals surface area contributed by atoms with Crippen molar-refractivity contribution in [1.29, 1.82) is 0 Å². The molecule has 1 aromatic carbocycles. The molecule has 1 N–H and O–H groups in total. The molecule has 1 amide bonds. The van der Waals surface area contributed by atoms with Gasteiger partial charge in [-0.2, -0.15) is 0 Å². The lowest BCUT2D eigenvalue weighted by Gasteiger charge is -2.13. The van der Waals surface area contributed by atoms with Crippen LogP contribution in [0, 0.1) is 19.7 Å². The highest BCUT2D eigenvalue weighted by Gasteiger charge is 2.17. The van der Waals surface area contributed by atoms with Gasteiger partial charge in [-0.05, 0) is 50.1 Å². The minimum atomic E-state index is -0.564. The Hall–Kier alpha value is -3.02. The van der Waals surface area contributed by atoms with Crippen LogP contribution in [0.1, 0.15) is 35.0 Å². The SMILES string of the molecule is CCCn1cc(C(=O)Nc2ccc(C)c(F)c2)c(=O)c2ccc(C)nc21. The number of fused-ring (bicyclic) bond motifs is 1. The lowest BCUT2D eigenvalue weighted by molar-refractivity contribution is 0.102. The number of nitrogens with zero attached hydrogens (tertiary/aromatic N) is 2. The van der Waals surface area contributed by atoms with Crippen molar-refractivity contribution in [3.05, 3.63) is 69.4 Å². The number of benzene rings is 1. The Morgan fingerprint density at radius 3 is 2.69 bits per heavy atom. The molecule has 0 bridgehead atoms. The summed E-state index contributed by atoms with van der Waals surface area (Å²) in [6.45, 7) is 6.14. The summed E-state index contributed by atoms with van der Waals surface area (Å²) in [6.07, 6.45) is 2.36. The predicted molar refractivity (Wildman–Crippen MR) is 100 cm³/mol. The molecule has 0 aliphatic rings. The fourth-order valence-corrected chi connectivity index (χ4v) is 2.80. The van der Waals surface area contributed by atoms with Crippen molar-refractivity contribution in [3.63, 3.8) is 0 Å². The van der Waals surface area contributed by atoms with Gasteiger partial charge >= 0.3 is 0 Å². The van der Waals surface area contributed by atoms with Gasteiger partial charge in [0, 0.05) is 24.1 Å². The van der Waals surface area contributed by atoms with Crippen LogP contribution in [0.5, 0.6) is 0 Å². The second-order valence-corrected chi connectivity index (χ2v) is 6.31. The normalized spacial score (nSPS) is 10.9. The van der Waals surface area contributed by atoms with Crippen LogP contribution in [0.3, 0.4) is 0 Å². The van der Waals surface area contributed by atoms with Gasteiger partial charge in [0.2, 0.25) is 5.43 Å². The van der Waals surface area contributed by atoms with Crippen molar-refractivity contribution in [2.24, 2.45) is 0 Å². The lowest BCUT2D eigenvalue weighted by atomic mass is 10.1.